The molecule has 84 valence electrons. The van der Waals surface area contributed by atoms with E-state index in [1.54, 1.807) is 6.92 Å². The topological polar surface area (TPSA) is 54.0 Å². The lowest BCUT2D eigenvalue weighted by Gasteiger charge is -2.23. The van der Waals surface area contributed by atoms with E-state index in [4.69, 9.17) is 17.7 Å². The van der Waals surface area contributed by atoms with Crippen LogP contribution in [0.3, 0.4) is 0 Å². The minimum absolute atomic E-state index is 0.178. The molecule has 0 fully saturated rings. The number of carbonyl (C=O) groups excluding carboxylic acids is 1. The predicted molar refractivity (Wildman–Crippen MR) is 52.3 cm³/mol. The van der Waals surface area contributed by atoms with Crippen LogP contribution in [-0.4, -0.2) is 36.3 Å². The van der Waals surface area contributed by atoms with Crippen molar-refractivity contribution in [2.75, 3.05) is 21.3 Å². The van der Waals surface area contributed by atoms with Crippen molar-refractivity contribution in [3.8, 4) is 0 Å². The predicted octanol–water partition coefficient (Wildman–Crippen LogP) is 0.950. The molecule has 0 saturated carbocycles. The minimum atomic E-state index is -3.21. The van der Waals surface area contributed by atoms with Gasteiger partial charge in [-0.15, -0.1) is 0 Å². The van der Waals surface area contributed by atoms with Crippen molar-refractivity contribution >= 4 is 15.0 Å². The summed E-state index contributed by atoms with van der Waals surface area (Å²) in [5.41, 5.74) is 0. The molecule has 0 amide bonds. The molecule has 0 aliphatic carbocycles. The Kier molecular flexibility index (Phi) is 5.94. The van der Waals surface area contributed by atoms with Crippen LogP contribution in [0, 0.1) is 5.92 Å². The van der Waals surface area contributed by atoms with E-state index in [-0.39, 0.29) is 11.9 Å². The van der Waals surface area contributed by atoms with Gasteiger partial charge in [0.1, 0.15) is 0 Å². The average molecular weight is 222 g/mol. The van der Waals surface area contributed by atoms with Gasteiger partial charge >= 0.3 is 9.05 Å². The van der Waals surface area contributed by atoms with E-state index in [1.807, 2.05) is 6.92 Å². The van der Waals surface area contributed by atoms with Crippen LogP contribution in [0.25, 0.3) is 0 Å². The fourth-order valence-electron chi connectivity index (χ4n) is 0.765. The van der Waals surface area contributed by atoms with Crippen LogP contribution < -0.4 is 0 Å². The van der Waals surface area contributed by atoms with Crippen LogP contribution in [0.5, 0.6) is 0 Å². The normalized spacial score (nSPS) is 13.8. The standard InChI is InChI=1S/C8H18O5Si/c1-6-7(2)8(9)13-14(10-3,11-4)12-5/h7H,6H2,1-5H3. The van der Waals surface area contributed by atoms with Crippen molar-refractivity contribution in [2.24, 2.45) is 5.92 Å². The van der Waals surface area contributed by atoms with Crippen molar-refractivity contribution in [3.05, 3.63) is 0 Å². The lowest BCUT2D eigenvalue weighted by atomic mass is 10.1. The lowest BCUT2D eigenvalue weighted by Crippen LogP contribution is -2.48. The summed E-state index contributed by atoms with van der Waals surface area (Å²) in [6.45, 7) is 3.68. The van der Waals surface area contributed by atoms with E-state index >= 15 is 0 Å². The van der Waals surface area contributed by atoms with Crippen LogP contribution in [0.4, 0.5) is 0 Å². The van der Waals surface area contributed by atoms with Gasteiger partial charge in [0.25, 0.3) is 5.97 Å². The molecule has 14 heavy (non-hydrogen) atoms. The lowest BCUT2D eigenvalue weighted by molar-refractivity contribution is -0.147. The van der Waals surface area contributed by atoms with Gasteiger partial charge in [-0.05, 0) is 6.42 Å². The maximum atomic E-state index is 11.4. The average Bonchev–Trinajstić information content (AvgIpc) is 2.24. The van der Waals surface area contributed by atoms with Crippen molar-refractivity contribution in [3.63, 3.8) is 0 Å². The SMILES string of the molecule is CCC(C)C(=O)O[Si](OC)(OC)OC. The summed E-state index contributed by atoms with van der Waals surface area (Å²) in [5, 5.41) is 0. The molecule has 0 radical (unpaired) electrons. The molecule has 0 aromatic rings. The second-order valence-electron chi connectivity index (χ2n) is 2.84. The molecule has 0 heterocycles. The third-order valence-corrected chi connectivity index (χ3v) is 3.94. The Hall–Kier alpha value is -0.433. The zero-order valence-electron chi connectivity index (χ0n) is 9.33. The van der Waals surface area contributed by atoms with Gasteiger partial charge in [-0.25, -0.2) is 0 Å². The minimum Gasteiger partial charge on any atom is -0.452 e. The molecule has 6 heteroatoms. The Morgan fingerprint density at radius 1 is 1.21 bits per heavy atom. The first-order valence-corrected chi connectivity index (χ1v) is 6.06. The Balaban J connectivity index is 4.37. The Labute approximate surface area is 85.8 Å². The van der Waals surface area contributed by atoms with Gasteiger partial charge in [0, 0.05) is 21.3 Å². The van der Waals surface area contributed by atoms with Gasteiger partial charge < -0.3 is 17.7 Å². The summed E-state index contributed by atoms with van der Waals surface area (Å²) >= 11 is 0. The zero-order chi connectivity index (χ0) is 11.2. The molecule has 0 rings (SSSR count). The van der Waals surface area contributed by atoms with Crippen molar-refractivity contribution in [1.29, 1.82) is 0 Å². The number of rotatable bonds is 6. The number of carbonyl (C=O) groups is 1. The molecule has 0 aliphatic heterocycles. The molecule has 0 aliphatic rings. The summed E-state index contributed by atoms with van der Waals surface area (Å²) in [6, 6.07) is 0. The van der Waals surface area contributed by atoms with E-state index in [0.717, 1.165) is 0 Å². The molecule has 0 N–H and O–H groups in total. The molecule has 0 spiro atoms. The highest BCUT2D eigenvalue weighted by Gasteiger charge is 2.47. The zero-order valence-corrected chi connectivity index (χ0v) is 10.3. The molecule has 0 aromatic carbocycles. The maximum Gasteiger partial charge on any atom is 0.750 e. The summed E-state index contributed by atoms with van der Waals surface area (Å²) in [5.74, 6) is -0.535. The van der Waals surface area contributed by atoms with Gasteiger partial charge in [-0.1, -0.05) is 13.8 Å². The monoisotopic (exact) mass is 222 g/mol. The van der Waals surface area contributed by atoms with Crippen LogP contribution >= 0.6 is 0 Å². The van der Waals surface area contributed by atoms with Crippen LogP contribution in [0.2, 0.25) is 0 Å². The second kappa shape index (κ2) is 6.13. The molecule has 1 unspecified atom stereocenters. The smallest absolute Gasteiger partial charge is 0.452 e. The van der Waals surface area contributed by atoms with Crippen molar-refractivity contribution < 1.29 is 22.5 Å². The molecular weight excluding hydrogens is 204 g/mol. The van der Waals surface area contributed by atoms with E-state index in [9.17, 15) is 4.79 Å². The highest BCUT2D eigenvalue weighted by Crippen LogP contribution is 2.12. The van der Waals surface area contributed by atoms with E-state index in [1.165, 1.54) is 21.3 Å². The third-order valence-electron chi connectivity index (χ3n) is 1.99. The fraction of sp³-hybridized carbons (Fsp3) is 0.875. The first kappa shape index (κ1) is 13.6. The molecule has 0 bridgehead atoms. The molecular formula is C8H18O5Si. The summed E-state index contributed by atoms with van der Waals surface area (Å²) in [7, 11) is 0.967. The van der Waals surface area contributed by atoms with E-state index in [0.29, 0.717) is 6.42 Å². The fourth-order valence-corrected chi connectivity index (χ4v) is 1.96. The molecule has 1 atom stereocenters. The van der Waals surface area contributed by atoms with E-state index in [2.05, 4.69) is 0 Å². The number of hydrogen-bond donors (Lipinski definition) is 0. The summed E-state index contributed by atoms with van der Waals surface area (Å²) in [6.07, 6.45) is 0.709. The highest BCUT2D eigenvalue weighted by atomic mass is 28.4. The van der Waals surface area contributed by atoms with Crippen LogP contribution in [-0.2, 0) is 22.5 Å². The molecule has 0 aromatic heterocycles. The first-order valence-electron chi connectivity index (χ1n) is 4.43. The van der Waals surface area contributed by atoms with Crippen molar-refractivity contribution in [2.45, 2.75) is 20.3 Å². The Morgan fingerprint density at radius 3 is 1.93 bits per heavy atom. The third kappa shape index (κ3) is 3.37. The Bertz CT molecular complexity index is 172. The largest absolute Gasteiger partial charge is 0.750 e. The van der Waals surface area contributed by atoms with Crippen molar-refractivity contribution in [1.82, 2.24) is 0 Å². The summed E-state index contributed by atoms with van der Waals surface area (Å²) in [4.78, 5) is 11.4. The highest BCUT2D eigenvalue weighted by molar-refractivity contribution is 6.55. The van der Waals surface area contributed by atoms with Gasteiger partial charge in [0.05, 0.1) is 5.92 Å². The number of hydrogen-bond acceptors (Lipinski definition) is 5. The van der Waals surface area contributed by atoms with Crippen LogP contribution in [0.15, 0.2) is 0 Å². The second-order valence-corrected chi connectivity index (χ2v) is 5.27. The Morgan fingerprint density at radius 2 is 1.64 bits per heavy atom. The van der Waals surface area contributed by atoms with E-state index < -0.39 is 9.05 Å². The van der Waals surface area contributed by atoms with Gasteiger partial charge in [-0.2, -0.15) is 0 Å². The molecule has 5 nitrogen and oxygen atoms in total. The van der Waals surface area contributed by atoms with Gasteiger partial charge in [-0.3, -0.25) is 4.79 Å². The quantitative estimate of drug-likeness (QED) is 0.626. The summed E-state index contributed by atoms with van der Waals surface area (Å²) < 4.78 is 19.9. The maximum absolute atomic E-state index is 11.4. The van der Waals surface area contributed by atoms with Crippen LogP contribution in [0.1, 0.15) is 20.3 Å². The molecule has 0 saturated heterocycles. The van der Waals surface area contributed by atoms with Gasteiger partial charge in [0.15, 0.2) is 0 Å². The first-order chi connectivity index (χ1) is 6.55. The van der Waals surface area contributed by atoms with Gasteiger partial charge in [0.2, 0.25) is 0 Å².